The lowest BCUT2D eigenvalue weighted by Gasteiger charge is -2.23. The summed E-state index contributed by atoms with van der Waals surface area (Å²) in [5, 5.41) is 2.22. The monoisotopic (exact) mass is 276 g/mol. The first-order valence-corrected chi connectivity index (χ1v) is 7.18. The van der Waals surface area contributed by atoms with E-state index >= 15 is 0 Å². The van der Waals surface area contributed by atoms with Gasteiger partial charge < -0.3 is 4.57 Å². The predicted octanol–water partition coefficient (Wildman–Crippen LogP) is 1.41. The Balaban J connectivity index is 2.61. The molecule has 0 unspecified atom stereocenters. The molecule has 0 aromatic carbocycles. The molecule has 0 bridgehead atoms. The van der Waals surface area contributed by atoms with E-state index in [4.69, 9.17) is 0 Å². The van der Waals surface area contributed by atoms with Crippen molar-refractivity contribution in [1.82, 2.24) is 9.88 Å². The van der Waals surface area contributed by atoms with E-state index in [1.54, 1.807) is 6.07 Å². The Labute approximate surface area is 118 Å². The summed E-state index contributed by atoms with van der Waals surface area (Å²) in [5.41, 5.74) is 1.37. The van der Waals surface area contributed by atoms with Gasteiger partial charge in [-0.05, 0) is 12.8 Å². The molecule has 0 saturated carbocycles. The molecule has 0 fully saturated rings. The minimum atomic E-state index is -0.561. The standard InChI is InChI=1S/C15H20N2O3/c1-3-5-7-17-10(6-4-2)8-12(18)14-11(17)9-13(19)16-15(14)20/h8H,3-7,9H2,1-2H3,(H,16,19,20). The van der Waals surface area contributed by atoms with Crippen molar-refractivity contribution < 1.29 is 9.59 Å². The number of hydrogen-bond donors (Lipinski definition) is 1. The summed E-state index contributed by atoms with van der Waals surface area (Å²) >= 11 is 0. The molecule has 0 spiro atoms. The Bertz CT molecular complexity index is 602. The smallest absolute Gasteiger partial charge is 0.263 e. The van der Waals surface area contributed by atoms with Crippen molar-refractivity contribution in [2.75, 3.05) is 0 Å². The minimum Gasteiger partial charge on any atom is -0.347 e. The molecule has 1 aliphatic rings. The van der Waals surface area contributed by atoms with Crippen molar-refractivity contribution >= 4 is 11.8 Å². The van der Waals surface area contributed by atoms with Gasteiger partial charge in [0.05, 0.1) is 6.42 Å². The van der Waals surface area contributed by atoms with Gasteiger partial charge in [-0.1, -0.05) is 26.7 Å². The zero-order chi connectivity index (χ0) is 14.7. The van der Waals surface area contributed by atoms with Crippen LogP contribution in [0.5, 0.6) is 0 Å². The number of amides is 2. The molecule has 1 aromatic heterocycles. The average Bonchev–Trinajstić information content (AvgIpc) is 2.37. The summed E-state index contributed by atoms with van der Waals surface area (Å²) in [6, 6.07) is 1.55. The first-order chi connectivity index (χ1) is 9.58. The summed E-state index contributed by atoms with van der Waals surface area (Å²) in [5.74, 6) is -0.893. The van der Waals surface area contributed by atoms with Gasteiger partial charge in [-0.3, -0.25) is 19.7 Å². The lowest BCUT2D eigenvalue weighted by molar-refractivity contribution is -0.119. The number of fused-ring (bicyclic) bond motifs is 1. The number of nitrogens with zero attached hydrogens (tertiary/aromatic N) is 1. The third kappa shape index (κ3) is 2.66. The summed E-state index contributed by atoms with van der Waals surface area (Å²) in [6.07, 6.45) is 3.79. The highest BCUT2D eigenvalue weighted by molar-refractivity contribution is 6.09. The maximum atomic E-state index is 12.1. The molecule has 20 heavy (non-hydrogen) atoms. The molecule has 1 aromatic rings. The number of hydrogen-bond acceptors (Lipinski definition) is 3. The number of carbonyl (C=O) groups is 2. The van der Waals surface area contributed by atoms with Gasteiger partial charge in [-0.15, -0.1) is 0 Å². The number of imide groups is 1. The summed E-state index contributed by atoms with van der Waals surface area (Å²) < 4.78 is 2.00. The third-order valence-electron chi connectivity index (χ3n) is 3.55. The molecule has 1 N–H and O–H groups in total. The number of carbonyl (C=O) groups excluding carboxylic acids is 2. The van der Waals surface area contributed by atoms with E-state index in [1.807, 2.05) is 11.5 Å². The van der Waals surface area contributed by atoms with Crippen LogP contribution in [-0.2, 0) is 24.2 Å². The lowest BCUT2D eigenvalue weighted by atomic mass is 10.0. The number of rotatable bonds is 5. The van der Waals surface area contributed by atoms with Gasteiger partial charge in [0.25, 0.3) is 5.91 Å². The zero-order valence-electron chi connectivity index (χ0n) is 12.0. The molecule has 0 aliphatic carbocycles. The van der Waals surface area contributed by atoms with Crippen LogP contribution in [0.4, 0.5) is 0 Å². The SMILES string of the molecule is CCCCn1c(CCC)cc(=O)c2c1CC(=O)NC2=O. The molecule has 2 rings (SSSR count). The van der Waals surface area contributed by atoms with Crippen LogP contribution in [-0.4, -0.2) is 16.4 Å². The summed E-state index contributed by atoms with van der Waals surface area (Å²) in [4.78, 5) is 35.6. The van der Waals surface area contributed by atoms with Crippen LogP contribution in [0.1, 0.15) is 54.9 Å². The highest BCUT2D eigenvalue weighted by Gasteiger charge is 2.28. The van der Waals surface area contributed by atoms with Crippen LogP contribution < -0.4 is 10.7 Å². The number of pyridine rings is 1. The third-order valence-corrected chi connectivity index (χ3v) is 3.55. The highest BCUT2D eigenvalue weighted by atomic mass is 16.2. The Morgan fingerprint density at radius 1 is 1.20 bits per heavy atom. The van der Waals surface area contributed by atoms with Gasteiger partial charge in [-0.25, -0.2) is 0 Å². The first kappa shape index (κ1) is 14.5. The van der Waals surface area contributed by atoms with Gasteiger partial charge in [0.1, 0.15) is 5.56 Å². The number of unbranched alkanes of at least 4 members (excludes halogenated alkanes) is 1. The van der Waals surface area contributed by atoms with Crippen molar-refractivity contribution in [1.29, 1.82) is 0 Å². The molecule has 5 heteroatoms. The van der Waals surface area contributed by atoms with Gasteiger partial charge in [-0.2, -0.15) is 0 Å². The molecule has 1 aliphatic heterocycles. The van der Waals surface area contributed by atoms with Crippen LogP contribution in [0.25, 0.3) is 0 Å². The fraction of sp³-hybridized carbons (Fsp3) is 0.533. The quantitative estimate of drug-likeness (QED) is 0.827. The molecule has 2 amide bonds. The van der Waals surface area contributed by atoms with Gasteiger partial charge in [0, 0.05) is 24.0 Å². The average molecular weight is 276 g/mol. The molecular formula is C15H20N2O3. The Kier molecular flexibility index (Phi) is 4.37. The number of nitrogens with one attached hydrogen (secondary N) is 1. The van der Waals surface area contributed by atoms with Crippen LogP contribution >= 0.6 is 0 Å². The van der Waals surface area contributed by atoms with Crippen molar-refractivity contribution in [3.63, 3.8) is 0 Å². The lowest BCUT2D eigenvalue weighted by Crippen LogP contribution is -2.43. The summed E-state index contributed by atoms with van der Waals surface area (Å²) in [6.45, 7) is 4.88. The van der Waals surface area contributed by atoms with Crippen LogP contribution in [0, 0.1) is 0 Å². The van der Waals surface area contributed by atoms with Gasteiger partial charge >= 0.3 is 0 Å². The molecular weight excluding hydrogens is 256 g/mol. The topological polar surface area (TPSA) is 68.2 Å². The largest absolute Gasteiger partial charge is 0.347 e. The number of aromatic nitrogens is 1. The molecule has 0 saturated heterocycles. The van der Waals surface area contributed by atoms with E-state index in [-0.39, 0.29) is 23.3 Å². The van der Waals surface area contributed by atoms with Crippen LogP contribution in [0.15, 0.2) is 10.9 Å². The van der Waals surface area contributed by atoms with E-state index in [9.17, 15) is 14.4 Å². The maximum absolute atomic E-state index is 12.1. The number of aryl methyl sites for hydroxylation is 1. The minimum absolute atomic E-state index is 0.109. The maximum Gasteiger partial charge on any atom is 0.263 e. The van der Waals surface area contributed by atoms with E-state index in [1.165, 1.54) is 0 Å². The van der Waals surface area contributed by atoms with E-state index in [2.05, 4.69) is 12.2 Å². The Morgan fingerprint density at radius 2 is 1.95 bits per heavy atom. The second kappa shape index (κ2) is 6.03. The first-order valence-electron chi connectivity index (χ1n) is 7.18. The van der Waals surface area contributed by atoms with E-state index in [0.717, 1.165) is 37.9 Å². The van der Waals surface area contributed by atoms with Gasteiger partial charge in [0.15, 0.2) is 5.43 Å². The normalized spacial score (nSPS) is 14.1. The second-order valence-electron chi connectivity index (χ2n) is 5.13. The van der Waals surface area contributed by atoms with E-state index in [0.29, 0.717) is 5.69 Å². The predicted molar refractivity (Wildman–Crippen MR) is 75.8 cm³/mol. The second-order valence-corrected chi connectivity index (χ2v) is 5.13. The molecule has 5 nitrogen and oxygen atoms in total. The van der Waals surface area contributed by atoms with Crippen molar-refractivity contribution in [3.8, 4) is 0 Å². The van der Waals surface area contributed by atoms with Crippen molar-refractivity contribution in [3.05, 3.63) is 33.2 Å². The molecule has 108 valence electrons. The van der Waals surface area contributed by atoms with Crippen LogP contribution in [0.3, 0.4) is 0 Å². The Morgan fingerprint density at radius 3 is 2.60 bits per heavy atom. The summed E-state index contributed by atoms with van der Waals surface area (Å²) in [7, 11) is 0. The zero-order valence-corrected chi connectivity index (χ0v) is 12.0. The van der Waals surface area contributed by atoms with Crippen molar-refractivity contribution in [2.24, 2.45) is 0 Å². The van der Waals surface area contributed by atoms with Gasteiger partial charge in [0.2, 0.25) is 5.91 Å². The molecule has 0 atom stereocenters. The fourth-order valence-electron chi connectivity index (χ4n) is 2.62. The highest BCUT2D eigenvalue weighted by Crippen LogP contribution is 2.16. The van der Waals surface area contributed by atoms with E-state index < -0.39 is 5.91 Å². The fourth-order valence-corrected chi connectivity index (χ4v) is 2.62. The van der Waals surface area contributed by atoms with Crippen molar-refractivity contribution in [2.45, 2.75) is 52.5 Å². The molecule has 2 heterocycles. The van der Waals surface area contributed by atoms with Crippen LogP contribution in [0.2, 0.25) is 0 Å². The molecule has 0 radical (unpaired) electrons. The Hall–Kier alpha value is -1.91.